The van der Waals surface area contributed by atoms with E-state index in [1.165, 1.54) is 0 Å². The van der Waals surface area contributed by atoms with E-state index in [4.69, 9.17) is 33.2 Å². The van der Waals surface area contributed by atoms with Gasteiger partial charge >= 0.3 is 0 Å². The van der Waals surface area contributed by atoms with Gasteiger partial charge in [0.25, 0.3) is 0 Å². The number of halogens is 2. The van der Waals surface area contributed by atoms with Gasteiger partial charge in [0.1, 0.15) is 11.6 Å². The molecule has 0 amide bonds. The quantitative estimate of drug-likeness (QED) is 0.908. The van der Waals surface area contributed by atoms with Crippen LogP contribution in [0.5, 0.6) is 5.75 Å². The van der Waals surface area contributed by atoms with Crippen LogP contribution in [0.4, 0.5) is 5.82 Å². The fourth-order valence-corrected chi connectivity index (χ4v) is 2.44. The zero-order valence-corrected chi connectivity index (χ0v) is 13.1. The molecule has 21 heavy (non-hydrogen) atoms. The second-order valence-electron chi connectivity index (χ2n) is 4.21. The molecule has 0 fully saturated rings. The Balaban J connectivity index is 2.65. The van der Waals surface area contributed by atoms with E-state index in [0.29, 0.717) is 45.0 Å². The van der Waals surface area contributed by atoms with Crippen molar-refractivity contribution in [2.75, 3.05) is 19.0 Å². The number of nitrogens with one attached hydrogen (secondary N) is 1. The fraction of sp³-hybridized carbons (Fsp3) is 0.200. The largest absolute Gasteiger partial charge is 0.496 e. The molecule has 0 aliphatic carbocycles. The van der Waals surface area contributed by atoms with Gasteiger partial charge in [-0.3, -0.25) is 0 Å². The van der Waals surface area contributed by atoms with Crippen molar-refractivity contribution in [1.82, 2.24) is 4.98 Å². The first-order chi connectivity index (χ1) is 10.1. The van der Waals surface area contributed by atoms with Gasteiger partial charge in [0.05, 0.1) is 34.5 Å². The first kappa shape index (κ1) is 15.4. The van der Waals surface area contributed by atoms with Crippen LogP contribution in [0.15, 0.2) is 24.3 Å². The van der Waals surface area contributed by atoms with E-state index in [0.717, 1.165) is 0 Å². The van der Waals surface area contributed by atoms with Crippen LogP contribution in [0.2, 0.25) is 10.0 Å². The molecule has 0 aliphatic rings. The Labute approximate surface area is 133 Å². The molecule has 0 bridgehead atoms. The lowest BCUT2D eigenvalue weighted by molar-refractivity contribution is 0.416. The summed E-state index contributed by atoms with van der Waals surface area (Å²) in [7, 11) is 1.56. The van der Waals surface area contributed by atoms with Crippen LogP contribution in [0.1, 0.15) is 12.5 Å². The van der Waals surface area contributed by atoms with Crippen LogP contribution in [-0.4, -0.2) is 18.6 Å². The Hall–Kier alpha value is -1.96. The summed E-state index contributed by atoms with van der Waals surface area (Å²) in [5.74, 6) is 1.14. The predicted molar refractivity (Wildman–Crippen MR) is 85.1 cm³/mol. The number of ether oxygens (including phenoxy) is 1. The van der Waals surface area contributed by atoms with Crippen molar-refractivity contribution in [3.63, 3.8) is 0 Å². The third-order valence-corrected chi connectivity index (χ3v) is 3.43. The number of rotatable bonds is 4. The highest BCUT2D eigenvalue weighted by Crippen LogP contribution is 2.37. The maximum absolute atomic E-state index is 9.05. The van der Waals surface area contributed by atoms with Crippen LogP contribution in [-0.2, 0) is 0 Å². The van der Waals surface area contributed by atoms with Gasteiger partial charge in [0.15, 0.2) is 0 Å². The summed E-state index contributed by atoms with van der Waals surface area (Å²) in [6.45, 7) is 2.63. The standard InChI is InChI=1S/C15H13Cl2N3O/c1-3-19-15-12(17)7-11(16)14(20-15)10-6-9(8-18)4-5-13(10)21-2/h4-7H,3H2,1-2H3,(H,19,20). The second-order valence-corrected chi connectivity index (χ2v) is 5.02. The minimum Gasteiger partial charge on any atom is -0.496 e. The Kier molecular flexibility index (Phi) is 4.89. The Morgan fingerprint density at radius 2 is 2.05 bits per heavy atom. The van der Waals surface area contributed by atoms with E-state index in [2.05, 4.69) is 16.4 Å². The van der Waals surface area contributed by atoms with Gasteiger partial charge in [0, 0.05) is 12.1 Å². The summed E-state index contributed by atoms with van der Waals surface area (Å²) in [5.41, 5.74) is 1.67. The summed E-state index contributed by atoms with van der Waals surface area (Å²) in [6, 6.07) is 8.80. The number of hydrogen-bond donors (Lipinski definition) is 1. The van der Waals surface area contributed by atoms with Crippen molar-refractivity contribution in [1.29, 1.82) is 5.26 Å². The van der Waals surface area contributed by atoms with Crippen LogP contribution < -0.4 is 10.1 Å². The van der Waals surface area contributed by atoms with Gasteiger partial charge in [-0.1, -0.05) is 23.2 Å². The van der Waals surface area contributed by atoms with Crippen LogP contribution in [0, 0.1) is 11.3 Å². The Bertz CT molecular complexity index is 711. The molecule has 0 spiro atoms. The van der Waals surface area contributed by atoms with Crippen molar-refractivity contribution < 1.29 is 4.74 Å². The van der Waals surface area contributed by atoms with Gasteiger partial charge in [-0.05, 0) is 31.2 Å². The molecular weight excluding hydrogens is 309 g/mol. The number of hydrogen-bond acceptors (Lipinski definition) is 4. The molecule has 0 aliphatic heterocycles. The monoisotopic (exact) mass is 321 g/mol. The molecule has 4 nitrogen and oxygen atoms in total. The smallest absolute Gasteiger partial charge is 0.145 e. The lowest BCUT2D eigenvalue weighted by atomic mass is 10.1. The third-order valence-electron chi connectivity index (χ3n) is 2.86. The summed E-state index contributed by atoms with van der Waals surface area (Å²) in [6.07, 6.45) is 0. The van der Waals surface area contributed by atoms with Crippen molar-refractivity contribution in [3.05, 3.63) is 39.9 Å². The molecule has 1 heterocycles. The first-order valence-electron chi connectivity index (χ1n) is 6.29. The number of methoxy groups -OCH3 is 1. The van der Waals surface area contributed by atoms with Gasteiger partial charge < -0.3 is 10.1 Å². The maximum atomic E-state index is 9.05. The van der Waals surface area contributed by atoms with Crippen LogP contribution in [0.3, 0.4) is 0 Å². The van der Waals surface area contributed by atoms with Gasteiger partial charge in [-0.25, -0.2) is 4.98 Å². The number of benzene rings is 1. The van der Waals surface area contributed by atoms with Crippen molar-refractivity contribution in [2.24, 2.45) is 0 Å². The minimum absolute atomic E-state index is 0.398. The van der Waals surface area contributed by atoms with Gasteiger partial charge in [-0.2, -0.15) is 5.26 Å². The van der Waals surface area contributed by atoms with Crippen LogP contribution >= 0.6 is 23.2 Å². The molecule has 1 N–H and O–H groups in total. The van der Waals surface area contributed by atoms with E-state index in [-0.39, 0.29) is 0 Å². The Morgan fingerprint density at radius 3 is 2.67 bits per heavy atom. The van der Waals surface area contributed by atoms with E-state index < -0.39 is 0 Å². The summed E-state index contributed by atoms with van der Waals surface area (Å²) in [5, 5.41) is 13.0. The average Bonchev–Trinajstić information content (AvgIpc) is 2.49. The normalized spacial score (nSPS) is 10.0. The topological polar surface area (TPSA) is 57.9 Å². The molecule has 1 aromatic heterocycles. The van der Waals surface area contributed by atoms with E-state index in [9.17, 15) is 0 Å². The first-order valence-corrected chi connectivity index (χ1v) is 7.04. The number of nitrogens with zero attached hydrogens (tertiary/aromatic N) is 2. The molecule has 0 saturated carbocycles. The molecule has 6 heteroatoms. The lowest BCUT2D eigenvalue weighted by Gasteiger charge is -2.13. The van der Waals surface area contributed by atoms with Crippen LogP contribution in [0.25, 0.3) is 11.3 Å². The summed E-state index contributed by atoms with van der Waals surface area (Å²) >= 11 is 12.4. The second kappa shape index (κ2) is 6.66. The molecule has 0 radical (unpaired) electrons. The Morgan fingerprint density at radius 1 is 1.29 bits per heavy atom. The molecule has 1 aromatic carbocycles. The molecule has 0 unspecified atom stereocenters. The van der Waals surface area contributed by atoms with Crippen molar-refractivity contribution in [3.8, 4) is 23.1 Å². The third kappa shape index (κ3) is 3.21. The lowest BCUT2D eigenvalue weighted by Crippen LogP contribution is -2.02. The summed E-state index contributed by atoms with van der Waals surface area (Å²) in [4.78, 5) is 4.45. The molecule has 2 rings (SSSR count). The van der Waals surface area contributed by atoms with Gasteiger partial charge in [0.2, 0.25) is 0 Å². The number of nitriles is 1. The highest BCUT2D eigenvalue weighted by atomic mass is 35.5. The number of pyridine rings is 1. The predicted octanol–water partition coefficient (Wildman–Crippen LogP) is 4.37. The van der Waals surface area contributed by atoms with E-state index in [1.54, 1.807) is 31.4 Å². The van der Waals surface area contributed by atoms with E-state index in [1.807, 2.05) is 6.92 Å². The highest BCUT2D eigenvalue weighted by Gasteiger charge is 2.15. The van der Waals surface area contributed by atoms with Gasteiger partial charge in [-0.15, -0.1) is 0 Å². The SMILES string of the molecule is CCNc1nc(-c2cc(C#N)ccc2OC)c(Cl)cc1Cl. The molecule has 0 saturated heterocycles. The maximum Gasteiger partial charge on any atom is 0.145 e. The molecule has 2 aromatic rings. The zero-order chi connectivity index (χ0) is 15.4. The average molecular weight is 322 g/mol. The molecule has 108 valence electrons. The van der Waals surface area contributed by atoms with E-state index >= 15 is 0 Å². The fourth-order valence-electron chi connectivity index (χ4n) is 1.91. The van der Waals surface area contributed by atoms with Crippen molar-refractivity contribution in [2.45, 2.75) is 6.92 Å². The molecule has 0 atom stereocenters. The zero-order valence-electron chi connectivity index (χ0n) is 11.6. The number of anilines is 1. The molecular formula is C15H13Cl2N3O. The van der Waals surface area contributed by atoms with Crippen molar-refractivity contribution >= 4 is 29.0 Å². The summed E-state index contributed by atoms with van der Waals surface area (Å²) < 4.78 is 5.32. The minimum atomic E-state index is 0.398. The highest BCUT2D eigenvalue weighted by molar-refractivity contribution is 6.37. The number of aromatic nitrogens is 1.